The summed E-state index contributed by atoms with van der Waals surface area (Å²) in [7, 11) is 1.58. The first-order chi connectivity index (χ1) is 14.2. The highest BCUT2D eigenvalue weighted by Crippen LogP contribution is 2.40. The van der Waals surface area contributed by atoms with Crippen LogP contribution in [0.4, 0.5) is 17.5 Å². The maximum atomic E-state index is 6.34. The first-order valence-electron chi connectivity index (χ1n) is 9.57. The maximum absolute atomic E-state index is 6.34. The van der Waals surface area contributed by atoms with Crippen LogP contribution in [-0.4, -0.2) is 22.3 Å². The number of nitrogens with zero attached hydrogens (tertiary/aromatic N) is 3. The van der Waals surface area contributed by atoms with Gasteiger partial charge in [-0.1, -0.05) is 29.4 Å². The molecule has 1 atom stereocenters. The third-order valence-corrected chi connectivity index (χ3v) is 5.37. The lowest BCUT2D eigenvalue weighted by Gasteiger charge is -2.15. The molecule has 0 amide bonds. The summed E-state index contributed by atoms with van der Waals surface area (Å²) in [5, 5.41) is 12.1. The predicted octanol–water partition coefficient (Wildman–Crippen LogP) is 4.17. The summed E-state index contributed by atoms with van der Waals surface area (Å²) in [6.07, 6.45) is 2.12. The van der Waals surface area contributed by atoms with E-state index in [1.54, 1.807) is 7.11 Å². The van der Waals surface area contributed by atoms with Crippen LogP contribution in [0.25, 0.3) is 10.9 Å². The van der Waals surface area contributed by atoms with E-state index < -0.39 is 0 Å². The molecule has 0 saturated heterocycles. The first-order valence-corrected chi connectivity index (χ1v) is 9.57. The van der Waals surface area contributed by atoms with E-state index in [9.17, 15) is 0 Å². The second-order valence-electron chi connectivity index (χ2n) is 7.22. The fourth-order valence-electron chi connectivity index (χ4n) is 4.05. The van der Waals surface area contributed by atoms with Gasteiger partial charge in [0.15, 0.2) is 0 Å². The molecule has 1 aliphatic carbocycles. The monoisotopic (exact) mass is 387 g/mol. The molecule has 0 spiro atoms. The van der Waals surface area contributed by atoms with Crippen LogP contribution in [0.3, 0.4) is 0 Å². The van der Waals surface area contributed by atoms with Gasteiger partial charge in [0.05, 0.1) is 5.52 Å². The summed E-state index contributed by atoms with van der Waals surface area (Å²) in [6.45, 7) is 0.280. The van der Waals surface area contributed by atoms with E-state index in [1.165, 1.54) is 11.1 Å². The van der Waals surface area contributed by atoms with Gasteiger partial charge >= 0.3 is 6.01 Å². The smallest absolute Gasteiger partial charge is 0.320 e. The number of nitrogen functional groups attached to an aromatic ring is 1. The van der Waals surface area contributed by atoms with Gasteiger partial charge in [0, 0.05) is 29.7 Å². The Bertz CT molecular complexity index is 1190. The number of aromatic nitrogens is 3. The summed E-state index contributed by atoms with van der Waals surface area (Å²) in [6, 6.07) is 16.9. The highest BCUT2D eigenvalue weighted by atomic mass is 16.5. The molecule has 7 heteroatoms. The molecule has 3 N–H and O–H groups in total. The number of nitrogens with one attached hydrogen (secondary N) is 1. The minimum Gasteiger partial charge on any atom is -0.405 e. The maximum Gasteiger partial charge on any atom is 0.320 e. The molecule has 4 aromatic rings. The number of methoxy groups -OCH3 is 1. The van der Waals surface area contributed by atoms with Gasteiger partial charge < -0.3 is 20.2 Å². The normalized spacial score (nSPS) is 15.6. The van der Waals surface area contributed by atoms with Crippen molar-refractivity contribution in [3.8, 4) is 0 Å². The zero-order valence-corrected chi connectivity index (χ0v) is 16.1. The predicted molar refractivity (Wildman–Crippen MR) is 111 cm³/mol. The number of hydrogen-bond donors (Lipinski definition) is 2. The number of aryl methyl sites for hydroxylation is 1. The Hall–Kier alpha value is -3.45. The van der Waals surface area contributed by atoms with Gasteiger partial charge in [-0.3, -0.25) is 0 Å². The van der Waals surface area contributed by atoms with E-state index in [0.717, 1.165) is 35.0 Å². The molecule has 0 fully saturated rings. The molecule has 0 radical (unpaired) electrons. The molecule has 5 rings (SSSR count). The van der Waals surface area contributed by atoms with Crippen molar-refractivity contribution >= 4 is 28.4 Å². The molecular weight excluding hydrogens is 366 g/mol. The second-order valence-corrected chi connectivity index (χ2v) is 7.22. The molecular formula is C22H21N5O2. The Morgan fingerprint density at radius 3 is 2.93 bits per heavy atom. The van der Waals surface area contributed by atoms with E-state index in [0.29, 0.717) is 17.7 Å². The minimum absolute atomic E-state index is 0.280. The Labute approximate surface area is 167 Å². The van der Waals surface area contributed by atoms with Crippen molar-refractivity contribution in [1.82, 2.24) is 15.2 Å². The zero-order chi connectivity index (χ0) is 19.8. The fourth-order valence-corrected chi connectivity index (χ4v) is 4.05. The third-order valence-electron chi connectivity index (χ3n) is 5.37. The number of rotatable bonds is 5. The van der Waals surface area contributed by atoms with Crippen molar-refractivity contribution in [2.75, 3.05) is 18.2 Å². The Balaban J connectivity index is 1.48. The standard InChI is InChI=1S/C22H21N5O2/c1-28-12-20-26-27-22(29-20)24-15-7-9-19-14(10-15)11-18(21(23)25-19)17-8-6-13-4-2-3-5-16(13)17/h2-5,7,9-11,17H,6,8,12H2,1H3,(H2,23,25)(H,24,27)/t17-/m1/s1. The molecule has 0 saturated carbocycles. The molecule has 2 aromatic carbocycles. The van der Waals surface area contributed by atoms with Crippen LogP contribution < -0.4 is 11.1 Å². The number of hydrogen-bond acceptors (Lipinski definition) is 7. The Kier molecular flexibility index (Phi) is 4.37. The topological polar surface area (TPSA) is 99.1 Å². The van der Waals surface area contributed by atoms with Gasteiger partial charge in [0.1, 0.15) is 12.4 Å². The molecule has 0 aliphatic heterocycles. The highest BCUT2D eigenvalue weighted by molar-refractivity contribution is 5.85. The summed E-state index contributed by atoms with van der Waals surface area (Å²) in [5.41, 5.74) is 11.9. The second kappa shape index (κ2) is 7.18. The lowest BCUT2D eigenvalue weighted by Crippen LogP contribution is -2.04. The van der Waals surface area contributed by atoms with Crippen LogP contribution in [0.1, 0.15) is 34.9 Å². The van der Waals surface area contributed by atoms with Gasteiger partial charge in [-0.2, -0.15) is 0 Å². The summed E-state index contributed by atoms with van der Waals surface area (Å²) < 4.78 is 10.5. The van der Waals surface area contributed by atoms with Crippen LogP contribution >= 0.6 is 0 Å². The van der Waals surface area contributed by atoms with Crippen molar-refractivity contribution in [3.63, 3.8) is 0 Å². The quantitative estimate of drug-likeness (QED) is 0.530. The van der Waals surface area contributed by atoms with Crippen molar-refractivity contribution in [2.24, 2.45) is 0 Å². The van der Waals surface area contributed by atoms with Gasteiger partial charge in [0.2, 0.25) is 5.89 Å². The molecule has 29 heavy (non-hydrogen) atoms. The lowest BCUT2D eigenvalue weighted by molar-refractivity contribution is 0.160. The van der Waals surface area contributed by atoms with Crippen LogP contribution in [0.2, 0.25) is 0 Å². The van der Waals surface area contributed by atoms with Crippen LogP contribution in [-0.2, 0) is 17.8 Å². The number of ether oxygens (including phenoxy) is 1. The van der Waals surface area contributed by atoms with Crippen LogP contribution in [0.5, 0.6) is 0 Å². The van der Waals surface area contributed by atoms with E-state index in [2.05, 4.69) is 50.8 Å². The molecule has 2 heterocycles. The van der Waals surface area contributed by atoms with E-state index in [1.807, 2.05) is 18.2 Å². The first kappa shape index (κ1) is 17.6. The average Bonchev–Trinajstić information content (AvgIpc) is 3.35. The minimum atomic E-state index is 0.280. The van der Waals surface area contributed by atoms with Crippen molar-refractivity contribution < 1.29 is 9.15 Å². The SMILES string of the molecule is COCc1nnc(Nc2ccc3nc(N)c([C@@H]4CCc5ccccc54)cc3c2)o1. The Morgan fingerprint density at radius 1 is 1.14 bits per heavy atom. The van der Waals surface area contributed by atoms with E-state index >= 15 is 0 Å². The molecule has 0 unspecified atom stereocenters. The Morgan fingerprint density at radius 2 is 2.03 bits per heavy atom. The summed E-state index contributed by atoms with van der Waals surface area (Å²) in [5.74, 6) is 1.31. The number of nitrogens with two attached hydrogens (primary N) is 1. The van der Waals surface area contributed by atoms with Crippen LogP contribution in [0, 0.1) is 0 Å². The van der Waals surface area contributed by atoms with Gasteiger partial charge in [0.25, 0.3) is 0 Å². The molecule has 2 aromatic heterocycles. The van der Waals surface area contributed by atoms with E-state index in [4.69, 9.17) is 14.9 Å². The average molecular weight is 387 g/mol. The van der Waals surface area contributed by atoms with Crippen molar-refractivity contribution in [2.45, 2.75) is 25.4 Å². The third kappa shape index (κ3) is 3.30. The number of fused-ring (bicyclic) bond motifs is 2. The molecule has 0 bridgehead atoms. The molecule has 1 aliphatic rings. The van der Waals surface area contributed by atoms with Gasteiger partial charge in [-0.25, -0.2) is 4.98 Å². The molecule has 7 nitrogen and oxygen atoms in total. The summed E-state index contributed by atoms with van der Waals surface area (Å²) >= 11 is 0. The number of anilines is 3. The lowest BCUT2D eigenvalue weighted by atomic mass is 9.92. The largest absolute Gasteiger partial charge is 0.405 e. The summed E-state index contributed by atoms with van der Waals surface area (Å²) in [4.78, 5) is 4.65. The van der Waals surface area contributed by atoms with E-state index in [-0.39, 0.29) is 12.5 Å². The van der Waals surface area contributed by atoms with Gasteiger partial charge in [-0.05, 0) is 48.2 Å². The van der Waals surface area contributed by atoms with Gasteiger partial charge in [-0.15, -0.1) is 5.10 Å². The fraction of sp³-hybridized carbons (Fsp3) is 0.227. The molecule has 146 valence electrons. The zero-order valence-electron chi connectivity index (χ0n) is 16.1. The van der Waals surface area contributed by atoms with Crippen molar-refractivity contribution in [3.05, 3.63) is 71.1 Å². The number of benzene rings is 2. The highest BCUT2D eigenvalue weighted by Gasteiger charge is 2.25. The van der Waals surface area contributed by atoms with Crippen molar-refractivity contribution in [1.29, 1.82) is 0 Å². The number of pyridine rings is 1. The van der Waals surface area contributed by atoms with Crippen LogP contribution in [0.15, 0.2) is 52.9 Å².